The van der Waals surface area contributed by atoms with Crippen LogP contribution in [0.1, 0.15) is 20.3 Å². The van der Waals surface area contributed by atoms with Gasteiger partial charge in [-0.1, -0.05) is 19.1 Å². The lowest BCUT2D eigenvalue weighted by Gasteiger charge is -2.16. The number of amides is 1. The molecule has 0 radical (unpaired) electrons. The molecule has 2 rings (SSSR count). The number of anilines is 1. The molecule has 0 saturated carbocycles. The second-order valence-corrected chi connectivity index (χ2v) is 4.02. The quantitative estimate of drug-likeness (QED) is 0.803. The predicted octanol–water partition coefficient (Wildman–Crippen LogP) is 2.44. The van der Waals surface area contributed by atoms with Crippen LogP contribution in [-0.2, 0) is 4.79 Å². The van der Waals surface area contributed by atoms with Crippen LogP contribution in [-0.4, -0.2) is 18.7 Å². The molecular weight excluding hydrogens is 216 g/mol. The van der Waals surface area contributed by atoms with Crippen LogP contribution in [0, 0.1) is 5.92 Å². The standard InChI is InChI=1S/C13H16N2O2/c1-4-10-9(2)14-15(13(10)16)11-7-5-6-8-12(11)17-3/h5-8,10H,4H2,1-3H3. The van der Waals surface area contributed by atoms with E-state index in [0.717, 1.165) is 12.1 Å². The number of hydrazone groups is 1. The number of nitrogens with zero attached hydrogens (tertiary/aromatic N) is 2. The molecule has 0 spiro atoms. The van der Waals surface area contributed by atoms with Crippen molar-refractivity contribution in [2.45, 2.75) is 20.3 Å². The number of carbonyl (C=O) groups is 1. The van der Waals surface area contributed by atoms with E-state index in [1.807, 2.05) is 38.1 Å². The Bertz CT molecular complexity index is 468. The maximum Gasteiger partial charge on any atom is 0.256 e. The molecular formula is C13H16N2O2. The fourth-order valence-electron chi connectivity index (χ4n) is 2.05. The van der Waals surface area contributed by atoms with Crippen LogP contribution < -0.4 is 9.75 Å². The number of hydrogen-bond donors (Lipinski definition) is 0. The Morgan fingerprint density at radius 1 is 1.41 bits per heavy atom. The Hall–Kier alpha value is -1.84. The summed E-state index contributed by atoms with van der Waals surface area (Å²) >= 11 is 0. The smallest absolute Gasteiger partial charge is 0.256 e. The van der Waals surface area contributed by atoms with Crippen molar-refractivity contribution in [3.8, 4) is 5.75 Å². The average Bonchev–Trinajstić information content (AvgIpc) is 2.64. The largest absolute Gasteiger partial charge is 0.494 e. The maximum absolute atomic E-state index is 12.2. The highest BCUT2D eigenvalue weighted by Gasteiger charge is 2.33. The summed E-state index contributed by atoms with van der Waals surface area (Å²) in [7, 11) is 1.59. The third-order valence-electron chi connectivity index (χ3n) is 2.99. The molecule has 1 aliphatic heterocycles. The zero-order chi connectivity index (χ0) is 12.4. The molecule has 0 aromatic heterocycles. The van der Waals surface area contributed by atoms with E-state index in [4.69, 9.17) is 4.74 Å². The zero-order valence-electron chi connectivity index (χ0n) is 10.3. The summed E-state index contributed by atoms with van der Waals surface area (Å²) in [6.07, 6.45) is 0.778. The summed E-state index contributed by atoms with van der Waals surface area (Å²) in [5.41, 5.74) is 1.57. The lowest BCUT2D eigenvalue weighted by atomic mass is 10.0. The Morgan fingerprint density at radius 3 is 2.71 bits per heavy atom. The fraction of sp³-hybridized carbons (Fsp3) is 0.385. The van der Waals surface area contributed by atoms with Crippen molar-refractivity contribution in [2.24, 2.45) is 11.0 Å². The highest BCUT2D eigenvalue weighted by atomic mass is 16.5. The summed E-state index contributed by atoms with van der Waals surface area (Å²) in [4.78, 5) is 12.2. The topological polar surface area (TPSA) is 41.9 Å². The molecule has 0 bridgehead atoms. The summed E-state index contributed by atoms with van der Waals surface area (Å²) < 4.78 is 5.25. The van der Waals surface area contributed by atoms with Crippen LogP contribution in [0.4, 0.5) is 5.69 Å². The molecule has 1 atom stereocenters. The van der Waals surface area contributed by atoms with Crippen LogP contribution in [0.3, 0.4) is 0 Å². The summed E-state index contributed by atoms with van der Waals surface area (Å²) in [5.74, 6) is 0.587. The van der Waals surface area contributed by atoms with Crippen molar-refractivity contribution >= 4 is 17.3 Å². The van der Waals surface area contributed by atoms with Gasteiger partial charge in [-0.3, -0.25) is 4.79 Å². The van der Waals surface area contributed by atoms with Crippen molar-refractivity contribution < 1.29 is 9.53 Å². The van der Waals surface area contributed by atoms with Crippen molar-refractivity contribution in [3.05, 3.63) is 24.3 Å². The SMILES string of the molecule is CCC1C(=O)N(c2ccccc2OC)N=C1C. The number of carbonyl (C=O) groups excluding carboxylic acids is 1. The van der Waals surface area contributed by atoms with E-state index < -0.39 is 0 Å². The molecule has 0 aliphatic carbocycles. The summed E-state index contributed by atoms with van der Waals surface area (Å²) in [6.45, 7) is 3.88. The highest BCUT2D eigenvalue weighted by molar-refractivity contribution is 6.15. The number of ether oxygens (including phenoxy) is 1. The van der Waals surface area contributed by atoms with Crippen LogP contribution in [0.25, 0.3) is 0 Å². The van der Waals surface area contributed by atoms with Crippen LogP contribution in [0.5, 0.6) is 5.75 Å². The molecule has 4 heteroatoms. The van der Waals surface area contributed by atoms with E-state index >= 15 is 0 Å². The molecule has 0 N–H and O–H groups in total. The van der Waals surface area contributed by atoms with Gasteiger partial charge in [0.05, 0.1) is 13.0 Å². The van der Waals surface area contributed by atoms with Crippen molar-refractivity contribution in [2.75, 3.05) is 12.1 Å². The number of para-hydroxylation sites is 2. The van der Waals surface area contributed by atoms with Gasteiger partial charge in [0.25, 0.3) is 5.91 Å². The lowest BCUT2D eigenvalue weighted by molar-refractivity contribution is -0.119. The normalized spacial score (nSPS) is 19.5. The Labute approximate surface area is 101 Å². The minimum Gasteiger partial charge on any atom is -0.494 e. The molecule has 17 heavy (non-hydrogen) atoms. The molecule has 1 aromatic rings. The van der Waals surface area contributed by atoms with Gasteiger partial charge in [-0.25, -0.2) is 0 Å². The van der Waals surface area contributed by atoms with Crippen LogP contribution in [0.2, 0.25) is 0 Å². The lowest BCUT2D eigenvalue weighted by Crippen LogP contribution is -2.26. The first kappa shape index (κ1) is 11.6. The first-order valence-electron chi connectivity index (χ1n) is 5.71. The monoisotopic (exact) mass is 232 g/mol. The number of rotatable bonds is 3. The first-order chi connectivity index (χ1) is 8.19. The second-order valence-electron chi connectivity index (χ2n) is 4.02. The molecule has 1 heterocycles. The van der Waals surface area contributed by atoms with Gasteiger partial charge in [0, 0.05) is 5.71 Å². The van der Waals surface area contributed by atoms with E-state index in [9.17, 15) is 4.79 Å². The third kappa shape index (κ3) is 1.90. The summed E-state index contributed by atoms with van der Waals surface area (Å²) in [5, 5.41) is 5.77. The zero-order valence-corrected chi connectivity index (χ0v) is 10.3. The Morgan fingerprint density at radius 2 is 2.12 bits per heavy atom. The van der Waals surface area contributed by atoms with Gasteiger partial charge in [0.15, 0.2) is 0 Å². The molecule has 1 aromatic carbocycles. The maximum atomic E-state index is 12.2. The molecule has 0 fully saturated rings. The summed E-state index contributed by atoms with van der Waals surface area (Å²) in [6, 6.07) is 7.41. The molecule has 90 valence electrons. The van der Waals surface area contributed by atoms with Crippen LogP contribution >= 0.6 is 0 Å². The molecule has 1 aliphatic rings. The number of methoxy groups -OCH3 is 1. The van der Waals surface area contributed by atoms with E-state index in [2.05, 4.69) is 5.10 Å². The van der Waals surface area contributed by atoms with E-state index in [1.54, 1.807) is 7.11 Å². The van der Waals surface area contributed by atoms with Crippen molar-refractivity contribution in [1.82, 2.24) is 0 Å². The van der Waals surface area contributed by atoms with Gasteiger partial charge in [-0.15, -0.1) is 0 Å². The number of hydrogen-bond acceptors (Lipinski definition) is 3. The van der Waals surface area contributed by atoms with E-state index in [-0.39, 0.29) is 11.8 Å². The van der Waals surface area contributed by atoms with Crippen molar-refractivity contribution in [1.29, 1.82) is 0 Å². The average molecular weight is 232 g/mol. The fourth-order valence-corrected chi connectivity index (χ4v) is 2.05. The molecule has 4 nitrogen and oxygen atoms in total. The Balaban J connectivity index is 2.39. The second kappa shape index (κ2) is 4.57. The predicted molar refractivity (Wildman–Crippen MR) is 67.4 cm³/mol. The third-order valence-corrected chi connectivity index (χ3v) is 2.99. The molecule has 1 unspecified atom stereocenters. The molecule has 1 amide bonds. The van der Waals surface area contributed by atoms with Gasteiger partial charge in [0.1, 0.15) is 11.4 Å². The van der Waals surface area contributed by atoms with Gasteiger partial charge < -0.3 is 4.74 Å². The van der Waals surface area contributed by atoms with Crippen LogP contribution in [0.15, 0.2) is 29.4 Å². The molecule has 0 saturated heterocycles. The first-order valence-corrected chi connectivity index (χ1v) is 5.71. The van der Waals surface area contributed by atoms with Gasteiger partial charge in [-0.05, 0) is 25.5 Å². The Kier molecular flexibility index (Phi) is 3.13. The minimum absolute atomic E-state index is 0.0227. The van der Waals surface area contributed by atoms with Gasteiger partial charge in [-0.2, -0.15) is 10.1 Å². The number of benzene rings is 1. The highest BCUT2D eigenvalue weighted by Crippen LogP contribution is 2.32. The minimum atomic E-state index is -0.0973. The van der Waals surface area contributed by atoms with E-state index in [1.165, 1.54) is 5.01 Å². The van der Waals surface area contributed by atoms with E-state index in [0.29, 0.717) is 11.4 Å². The van der Waals surface area contributed by atoms with Crippen molar-refractivity contribution in [3.63, 3.8) is 0 Å². The van der Waals surface area contributed by atoms with Gasteiger partial charge >= 0.3 is 0 Å². The van der Waals surface area contributed by atoms with Gasteiger partial charge in [0.2, 0.25) is 0 Å².